The third kappa shape index (κ3) is 5.10. The van der Waals surface area contributed by atoms with Crippen LogP contribution in [0.1, 0.15) is 53.6 Å². The third-order valence-corrected chi connectivity index (χ3v) is 6.32. The second-order valence-corrected chi connectivity index (χ2v) is 10.2. The van der Waals surface area contributed by atoms with Gasteiger partial charge in [0.25, 0.3) is 5.91 Å². The minimum absolute atomic E-state index is 0.0445. The SMILES string of the molecule is Cc1cc(/C=N\NC(=O)c2cc(Br)c(O)c(Br)c2)c(C)n1-c1ccc(C(C)(C)C)cc1. The minimum atomic E-state index is -0.371. The molecule has 5 nitrogen and oxygen atoms in total. The number of carbonyl (C=O) groups excluding carboxylic acids is 1. The first kappa shape index (κ1) is 23.3. The Labute approximate surface area is 199 Å². The normalized spacial score (nSPS) is 11.8. The highest BCUT2D eigenvalue weighted by Gasteiger charge is 2.15. The zero-order chi connectivity index (χ0) is 22.9. The van der Waals surface area contributed by atoms with Gasteiger partial charge in [-0.3, -0.25) is 4.79 Å². The number of phenolic OH excluding ortho intramolecular Hbond substituents is 1. The highest BCUT2D eigenvalue weighted by Crippen LogP contribution is 2.33. The number of phenols is 1. The molecule has 7 heteroatoms. The predicted molar refractivity (Wildman–Crippen MR) is 133 cm³/mol. The van der Waals surface area contributed by atoms with Crippen molar-refractivity contribution in [3.63, 3.8) is 0 Å². The molecule has 162 valence electrons. The number of rotatable bonds is 4. The van der Waals surface area contributed by atoms with Crippen molar-refractivity contribution in [1.29, 1.82) is 0 Å². The van der Waals surface area contributed by atoms with E-state index < -0.39 is 0 Å². The van der Waals surface area contributed by atoms with Gasteiger partial charge in [0.2, 0.25) is 0 Å². The molecule has 0 aliphatic heterocycles. The number of nitrogens with one attached hydrogen (secondary N) is 1. The van der Waals surface area contributed by atoms with E-state index in [1.54, 1.807) is 6.21 Å². The summed E-state index contributed by atoms with van der Waals surface area (Å²) in [5.41, 5.74) is 8.44. The lowest BCUT2D eigenvalue weighted by atomic mass is 9.87. The van der Waals surface area contributed by atoms with E-state index in [9.17, 15) is 9.90 Å². The van der Waals surface area contributed by atoms with Crippen molar-refractivity contribution in [2.75, 3.05) is 0 Å². The monoisotopic (exact) mass is 545 g/mol. The van der Waals surface area contributed by atoms with E-state index in [1.165, 1.54) is 17.7 Å². The van der Waals surface area contributed by atoms with Crippen molar-refractivity contribution in [1.82, 2.24) is 9.99 Å². The zero-order valence-electron chi connectivity index (χ0n) is 18.1. The molecule has 3 aromatic rings. The van der Waals surface area contributed by atoms with Crippen LogP contribution in [0.3, 0.4) is 0 Å². The van der Waals surface area contributed by atoms with E-state index in [2.05, 4.69) is 92.0 Å². The highest BCUT2D eigenvalue weighted by atomic mass is 79.9. The number of amides is 1. The smallest absolute Gasteiger partial charge is 0.271 e. The molecule has 0 bridgehead atoms. The topological polar surface area (TPSA) is 66.6 Å². The van der Waals surface area contributed by atoms with Crippen LogP contribution < -0.4 is 5.43 Å². The summed E-state index contributed by atoms with van der Waals surface area (Å²) in [6, 6.07) is 13.7. The van der Waals surface area contributed by atoms with E-state index in [1.807, 2.05) is 19.9 Å². The molecule has 0 radical (unpaired) electrons. The van der Waals surface area contributed by atoms with Gasteiger partial charge in [0.05, 0.1) is 15.2 Å². The van der Waals surface area contributed by atoms with Crippen molar-refractivity contribution in [2.45, 2.75) is 40.0 Å². The fourth-order valence-electron chi connectivity index (χ4n) is 3.35. The lowest BCUT2D eigenvalue weighted by molar-refractivity contribution is 0.0955. The average molecular weight is 547 g/mol. The Morgan fingerprint density at radius 1 is 1.06 bits per heavy atom. The Morgan fingerprint density at radius 3 is 2.19 bits per heavy atom. The fraction of sp³-hybridized carbons (Fsp3) is 0.250. The number of nitrogens with zero attached hydrogens (tertiary/aromatic N) is 2. The van der Waals surface area contributed by atoms with Gasteiger partial charge in [-0.05, 0) is 87.0 Å². The minimum Gasteiger partial charge on any atom is -0.506 e. The van der Waals surface area contributed by atoms with Gasteiger partial charge >= 0.3 is 0 Å². The number of hydrogen-bond acceptors (Lipinski definition) is 3. The molecular weight excluding hydrogens is 522 g/mol. The van der Waals surface area contributed by atoms with Crippen molar-refractivity contribution in [2.24, 2.45) is 5.10 Å². The number of aromatic nitrogens is 1. The fourth-order valence-corrected chi connectivity index (χ4v) is 4.53. The van der Waals surface area contributed by atoms with Gasteiger partial charge in [-0.15, -0.1) is 0 Å². The molecule has 0 saturated heterocycles. The largest absolute Gasteiger partial charge is 0.506 e. The molecule has 0 atom stereocenters. The van der Waals surface area contributed by atoms with Crippen molar-refractivity contribution >= 4 is 44.0 Å². The Balaban J connectivity index is 1.79. The third-order valence-electron chi connectivity index (χ3n) is 5.11. The van der Waals surface area contributed by atoms with E-state index in [-0.39, 0.29) is 17.1 Å². The number of hydrazone groups is 1. The molecule has 0 fully saturated rings. The molecule has 0 unspecified atom stereocenters. The van der Waals surface area contributed by atoms with E-state index >= 15 is 0 Å². The molecule has 2 N–H and O–H groups in total. The molecule has 0 aliphatic carbocycles. The van der Waals surface area contributed by atoms with Crippen LogP contribution in [-0.4, -0.2) is 21.8 Å². The highest BCUT2D eigenvalue weighted by molar-refractivity contribution is 9.11. The summed E-state index contributed by atoms with van der Waals surface area (Å²) in [4.78, 5) is 12.4. The molecule has 1 amide bonds. The molecule has 1 heterocycles. The molecule has 31 heavy (non-hydrogen) atoms. The van der Waals surface area contributed by atoms with Gasteiger partial charge in [-0.2, -0.15) is 5.10 Å². The Bertz CT molecular complexity index is 1130. The van der Waals surface area contributed by atoms with Crippen LogP contribution in [0.2, 0.25) is 0 Å². The van der Waals surface area contributed by atoms with Gasteiger partial charge in [0.15, 0.2) is 0 Å². The Kier molecular flexibility index (Phi) is 6.76. The molecular formula is C24H25Br2N3O2. The quantitative estimate of drug-likeness (QED) is 0.294. The van der Waals surface area contributed by atoms with Gasteiger partial charge in [0, 0.05) is 28.2 Å². The number of halogens is 2. The lowest BCUT2D eigenvalue weighted by Gasteiger charge is -2.20. The van der Waals surface area contributed by atoms with Crippen LogP contribution in [0, 0.1) is 13.8 Å². The van der Waals surface area contributed by atoms with Crippen LogP contribution in [0.5, 0.6) is 5.75 Å². The first-order valence-corrected chi connectivity index (χ1v) is 11.4. The van der Waals surface area contributed by atoms with Gasteiger partial charge in [-0.1, -0.05) is 32.9 Å². The second-order valence-electron chi connectivity index (χ2n) is 8.45. The lowest BCUT2D eigenvalue weighted by Crippen LogP contribution is -2.17. The molecule has 0 saturated carbocycles. The van der Waals surface area contributed by atoms with Gasteiger partial charge in [0.1, 0.15) is 5.75 Å². The van der Waals surface area contributed by atoms with E-state index in [0.717, 1.165) is 22.6 Å². The van der Waals surface area contributed by atoms with Crippen LogP contribution in [0.15, 0.2) is 56.5 Å². The van der Waals surface area contributed by atoms with Gasteiger partial charge in [-0.25, -0.2) is 5.43 Å². The Morgan fingerprint density at radius 2 is 1.65 bits per heavy atom. The number of hydrogen-bond donors (Lipinski definition) is 2. The number of benzene rings is 2. The molecule has 3 rings (SSSR count). The zero-order valence-corrected chi connectivity index (χ0v) is 21.3. The summed E-state index contributed by atoms with van der Waals surface area (Å²) >= 11 is 6.45. The Hall–Kier alpha value is -2.38. The number of aryl methyl sites for hydroxylation is 1. The first-order chi connectivity index (χ1) is 14.5. The summed E-state index contributed by atoms with van der Waals surface area (Å²) in [6.45, 7) is 10.7. The predicted octanol–water partition coefficient (Wildman–Crippen LogP) is 6.39. The first-order valence-electron chi connectivity index (χ1n) is 9.80. The molecule has 0 aliphatic rings. The van der Waals surface area contributed by atoms with E-state index in [4.69, 9.17) is 0 Å². The molecule has 0 spiro atoms. The number of carbonyl (C=O) groups is 1. The van der Waals surface area contributed by atoms with Crippen molar-refractivity contribution in [3.8, 4) is 11.4 Å². The summed E-state index contributed by atoms with van der Waals surface area (Å²) in [5.74, 6) is -0.327. The summed E-state index contributed by atoms with van der Waals surface area (Å²) in [5, 5.41) is 13.9. The maximum absolute atomic E-state index is 12.4. The second kappa shape index (κ2) is 9.01. The maximum atomic E-state index is 12.4. The summed E-state index contributed by atoms with van der Waals surface area (Å²) < 4.78 is 3.03. The molecule has 1 aromatic heterocycles. The van der Waals surface area contributed by atoms with E-state index in [0.29, 0.717) is 14.5 Å². The average Bonchev–Trinajstić information content (AvgIpc) is 2.98. The summed E-state index contributed by atoms with van der Waals surface area (Å²) in [6.07, 6.45) is 1.64. The van der Waals surface area contributed by atoms with Crippen LogP contribution in [0.4, 0.5) is 0 Å². The van der Waals surface area contributed by atoms with Crippen LogP contribution >= 0.6 is 31.9 Å². The van der Waals surface area contributed by atoms with Crippen LogP contribution in [-0.2, 0) is 5.41 Å². The van der Waals surface area contributed by atoms with Crippen LogP contribution in [0.25, 0.3) is 5.69 Å². The number of aromatic hydroxyl groups is 1. The van der Waals surface area contributed by atoms with Gasteiger partial charge < -0.3 is 9.67 Å². The standard InChI is InChI=1S/C24H25Br2N3O2/c1-14-10-17(13-27-28-23(31)16-11-20(25)22(30)21(26)12-16)15(2)29(14)19-8-6-18(7-9-19)24(3,4)5/h6-13,30H,1-5H3,(H,28,31)/b27-13-. The maximum Gasteiger partial charge on any atom is 0.271 e. The molecule has 2 aromatic carbocycles. The van der Waals surface area contributed by atoms with Crippen molar-refractivity contribution in [3.05, 3.63) is 79.5 Å². The summed E-state index contributed by atoms with van der Waals surface area (Å²) in [7, 11) is 0. The van der Waals surface area contributed by atoms with Crippen molar-refractivity contribution < 1.29 is 9.90 Å².